The van der Waals surface area contributed by atoms with E-state index in [1.54, 1.807) is 0 Å². The molecule has 3 heteroatoms. The van der Waals surface area contributed by atoms with Crippen molar-refractivity contribution in [3.63, 3.8) is 0 Å². The summed E-state index contributed by atoms with van der Waals surface area (Å²) in [6.45, 7) is 6.35. The highest BCUT2D eigenvalue weighted by atomic mass is 32.1. The fourth-order valence-electron chi connectivity index (χ4n) is 1.92. The molecule has 18 heavy (non-hydrogen) atoms. The van der Waals surface area contributed by atoms with Gasteiger partial charge >= 0.3 is 0 Å². The quantitative estimate of drug-likeness (QED) is 0.830. The second-order valence-corrected chi connectivity index (χ2v) is 5.81. The standard InChI is InChI=1S/C15H20N2S/c1-12(2)17(11-14-7-5-9-18-14)10-13-6-3-4-8-15(13)16/h3-9,12H,10-11,16H2,1-2H3. The van der Waals surface area contributed by atoms with Crippen LogP contribution in [0.15, 0.2) is 41.8 Å². The zero-order chi connectivity index (χ0) is 13.0. The number of para-hydroxylation sites is 1. The molecule has 1 heterocycles. The summed E-state index contributed by atoms with van der Waals surface area (Å²) >= 11 is 1.81. The minimum Gasteiger partial charge on any atom is -0.398 e. The molecule has 0 unspecified atom stereocenters. The Morgan fingerprint density at radius 2 is 1.89 bits per heavy atom. The number of hydrogen-bond acceptors (Lipinski definition) is 3. The normalized spacial score (nSPS) is 11.3. The van der Waals surface area contributed by atoms with E-state index >= 15 is 0 Å². The van der Waals surface area contributed by atoms with Crippen LogP contribution in [0.5, 0.6) is 0 Å². The van der Waals surface area contributed by atoms with Gasteiger partial charge in [0.2, 0.25) is 0 Å². The van der Waals surface area contributed by atoms with Gasteiger partial charge < -0.3 is 5.73 Å². The zero-order valence-corrected chi connectivity index (χ0v) is 11.8. The number of nitrogen functional groups attached to an aromatic ring is 1. The highest BCUT2D eigenvalue weighted by molar-refractivity contribution is 7.09. The van der Waals surface area contributed by atoms with Crippen LogP contribution in [0.1, 0.15) is 24.3 Å². The second kappa shape index (κ2) is 6.03. The van der Waals surface area contributed by atoms with E-state index in [0.717, 1.165) is 18.8 Å². The molecule has 0 aliphatic carbocycles. The van der Waals surface area contributed by atoms with Gasteiger partial charge in [0.15, 0.2) is 0 Å². The summed E-state index contributed by atoms with van der Waals surface area (Å²) in [5, 5.41) is 2.13. The van der Waals surface area contributed by atoms with Crippen LogP contribution in [-0.4, -0.2) is 10.9 Å². The molecule has 0 aliphatic rings. The Labute approximate surface area is 113 Å². The lowest BCUT2D eigenvalue weighted by molar-refractivity contribution is 0.206. The van der Waals surface area contributed by atoms with Gasteiger partial charge in [-0.1, -0.05) is 24.3 Å². The minimum atomic E-state index is 0.506. The molecule has 2 N–H and O–H groups in total. The van der Waals surface area contributed by atoms with Crippen LogP contribution >= 0.6 is 11.3 Å². The molecule has 0 atom stereocenters. The smallest absolute Gasteiger partial charge is 0.0359 e. The fourth-order valence-corrected chi connectivity index (χ4v) is 2.65. The molecule has 0 bridgehead atoms. The van der Waals surface area contributed by atoms with Crippen LogP contribution in [0.25, 0.3) is 0 Å². The Morgan fingerprint density at radius 1 is 1.11 bits per heavy atom. The maximum atomic E-state index is 6.02. The zero-order valence-electron chi connectivity index (χ0n) is 11.0. The van der Waals surface area contributed by atoms with E-state index in [2.05, 4.69) is 48.4 Å². The number of thiophene rings is 1. The third kappa shape index (κ3) is 3.34. The van der Waals surface area contributed by atoms with Gasteiger partial charge in [0.25, 0.3) is 0 Å². The van der Waals surface area contributed by atoms with E-state index in [-0.39, 0.29) is 0 Å². The fraction of sp³-hybridized carbons (Fsp3) is 0.333. The van der Waals surface area contributed by atoms with E-state index in [1.165, 1.54) is 10.4 Å². The highest BCUT2D eigenvalue weighted by Gasteiger charge is 2.12. The summed E-state index contributed by atoms with van der Waals surface area (Å²) in [7, 11) is 0. The Balaban J connectivity index is 2.09. The molecule has 0 aliphatic heterocycles. The predicted octanol–water partition coefficient (Wildman–Crippen LogP) is 3.74. The highest BCUT2D eigenvalue weighted by Crippen LogP contribution is 2.19. The summed E-state index contributed by atoms with van der Waals surface area (Å²) in [6.07, 6.45) is 0. The Hall–Kier alpha value is -1.32. The van der Waals surface area contributed by atoms with E-state index in [4.69, 9.17) is 5.73 Å². The molecule has 96 valence electrons. The molecular weight excluding hydrogens is 240 g/mol. The Bertz CT molecular complexity index is 477. The molecule has 0 fully saturated rings. The molecule has 2 aromatic rings. The average molecular weight is 260 g/mol. The van der Waals surface area contributed by atoms with Gasteiger partial charge in [-0.25, -0.2) is 0 Å². The van der Waals surface area contributed by atoms with Gasteiger partial charge in [0.1, 0.15) is 0 Å². The molecule has 0 saturated carbocycles. The largest absolute Gasteiger partial charge is 0.398 e. The summed E-state index contributed by atoms with van der Waals surface area (Å²) in [4.78, 5) is 3.84. The van der Waals surface area contributed by atoms with Gasteiger partial charge in [-0.3, -0.25) is 4.90 Å². The van der Waals surface area contributed by atoms with Crippen LogP contribution in [0.4, 0.5) is 5.69 Å². The van der Waals surface area contributed by atoms with Crippen molar-refractivity contribution in [2.75, 3.05) is 5.73 Å². The van der Waals surface area contributed by atoms with Gasteiger partial charge in [0.05, 0.1) is 0 Å². The van der Waals surface area contributed by atoms with Gasteiger partial charge in [-0.05, 0) is 36.9 Å². The maximum absolute atomic E-state index is 6.02. The first-order valence-corrected chi connectivity index (χ1v) is 7.14. The predicted molar refractivity (Wildman–Crippen MR) is 79.6 cm³/mol. The molecule has 0 amide bonds. The van der Waals surface area contributed by atoms with Crippen molar-refractivity contribution in [1.82, 2.24) is 4.90 Å². The lowest BCUT2D eigenvalue weighted by atomic mass is 10.1. The van der Waals surface area contributed by atoms with Crippen LogP contribution in [0.2, 0.25) is 0 Å². The summed E-state index contributed by atoms with van der Waals surface area (Å²) in [5.74, 6) is 0. The van der Waals surface area contributed by atoms with Crippen molar-refractivity contribution in [1.29, 1.82) is 0 Å². The van der Waals surface area contributed by atoms with Crippen molar-refractivity contribution in [2.24, 2.45) is 0 Å². The molecule has 0 radical (unpaired) electrons. The molecule has 2 nitrogen and oxygen atoms in total. The minimum absolute atomic E-state index is 0.506. The number of anilines is 1. The van der Waals surface area contributed by atoms with Gasteiger partial charge in [-0.2, -0.15) is 0 Å². The topological polar surface area (TPSA) is 29.3 Å². The van der Waals surface area contributed by atoms with Crippen molar-refractivity contribution in [3.05, 3.63) is 52.2 Å². The number of nitrogens with zero attached hydrogens (tertiary/aromatic N) is 1. The summed E-state index contributed by atoms with van der Waals surface area (Å²) in [6, 6.07) is 12.9. The van der Waals surface area contributed by atoms with Crippen molar-refractivity contribution in [2.45, 2.75) is 33.0 Å². The Kier molecular flexibility index (Phi) is 4.39. The second-order valence-electron chi connectivity index (χ2n) is 4.78. The first-order valence-electron chi connectivity index (χ1n) is 6.26. The van der Waals surface area contributed by atoms with Crippen molar-refractivity contribution in [3.8, 4) is 0 Å². The van der Waals surface area contributed by atoms with Crippen molar-refractivity contribution >= 4 is 17.0 Å². The lowest BCUT2D eigenvalue weighted by Crippen LogP contribution is -2.29. The monoisotopic (exact) mass is 260 g/mol. The Morgan fingerprint density at radius 3 is 2.50 bits per heavy atom. The molecule has 1 aromatic carbocycles. The number of nitrogens with two attached hydrogens (primary N) is 1. The molecule has 1 aromatic heterocycles. The first-order chi connectivity index (χ1) is 8.66. The van der Waals surface area contributed by atoms with E-state index in [1.807, 2.05) is 23.5 Å². The molecule has 0 saturated heterocycles. The summed E-state index contributed by atoms with van der Waals surface area (Å²) in [5.41, 5.74) is 8.11. The van der Waals surface area contributed by atoms with Crippen LogP contribution in [0.3, 0.4) is 0 Å². The van der Waals surface area contributed by atoms with E-state index in [9.17, 15) is 0 Å². The van der Waals surface area contributed by atoms with Crippen LogP contribution < -0.4 is 5.73 Å². The van der Waals surface area contributed by atoms with Gasteiger partial charge in [0, 0.05) is 29.7 Å². The summed E-state index contributed by atoms with van der Waals surface area (Å²) < 4.78 is 0. The van der Waals surface area contributed by atoms with E-state index < -0.39 is 0 Å². The third-order valence-electron chi connectivity index (χ3n) is 3.10. The van der Waals surface area contributed by atoms with Crippen molar-refractivity contribution < 1.29 is 0 Å². The molecule has 2 rings (SSSR count). The van der Waals surface area contributed by atoms with E-state index in [0.29, 0.717) is 6.04 Å². The van der Waals surface area contributed by atoms with Crippen LogP contribution in [-0.2, 0) is 13.1 Å². The molecular formula is C15H20N2S. The van der Waals surface area contributed by atoms with Crippen LogP contribution in [0, 0.1) is 0 Å². The number of benzene rings is 1. The number of rotatable bonds is 5. The average Bonchev–Trinajstić information content (AvgIpc) is 2.83. The lowest BCUT2D eigenvalue weighted by Gasteiger charge is -2.26. The first kappa shape index (κ1) is 13.1. The SMILES string of the molecule is CC(C)N(Cc1cccs1)Cc1ccccc1N. The third-order valence-corrected chi connectivity index (χ3v) is 3.96. The maximum Gasteiger partial charge on any atom is 0.0359 e. The number of hydrogen-bond donors (Lipinski definition) is 1. The van der Waals surface area contributed by atoms with Gasteiger partial charge in [-0.15, -0.1) is 11.3 Å². The molecule has 0 spiro atoms.